The minimum Gasteiger partial charge on any atom is -0.394 e. The van der Waals surface area contributed by atoms with Gasteiger partial charge in [-0.3, -0.25) is 10.1 Å². The quantitative estimate of drug-likeness (QED) is 0.505. The van der Waals surface area contributed by atoms with Crippen molar-refractivity contribution < 1.29 is 9.90 Å². The van der Waals surface area contributed by atoms with Gasteiger partial charge in [0.2, 0.25) is 5.91 Å². The average Bonchev–Trinajstić information content (AvgIpc) is 1.87. The van der Waals surface area contributed by atoms with Crippen molar-refractivity contribution >= 4 is 5.91 Å². The second-order valence-electron chi connectivity index (χ2n) is 3.31. The normalized spacial score (nSPS) is 14.5. The van der Waals surface area contributed by atoms with Crippen molar-refractivity contribution in [3.8, 4) is 0 Å². The summed E-state index contributed by atoms with van der Waals surface area (Å²) in [6.45, 7) is 5.24. The van der Waals surface area contributed by atoms with Crippen LogP contribution in [0.4, 0.5) is 0 Å². The van der Waals surface area contributed by atoms with E-state index in [0.29, 0.717) is 0 Å². The Kier molecular flexibility index (Phi) is 3.48. The number of nitrogens with one attached hydrogen (secondary N) is 1. The Hall–Kier alpha value is -0.610. The van der Waals surface area contributed by atoms with E-state index in [1.807, 2.05) is 0 Å². The van der Waals surface area contributed by atoms with E-state index < -0.39 is 17.5 Å². The highest BCUT2D eigenvalue weighted by Crippen LogP contribution is 2.00. The molecule has 0 aromatic heterocycles. The molecule has 0 saturated carbocycles. The minimum absolute atomic E-state index is 0.0232. The van der Waals surface area contributed by atoms with Crippen LogP contribution in [0.5, 0.6) is 0 Å². The molecule has 0 rings (SSSR count). The van der Waals surface area contributed by atoms with Gasteiger partial charge in [-0.15, -0.1) is 0 Å². The van der Waals surface area contributed by atoms with Gasteiger partial charge in [0.1, 0.15) is 0 Å². The third-order valence-corrected chi connectivity index (χ3v) is 1.43. The number of nitrogens with two attached hydrogens (primary N) is 1. The highest BCUT2D eigenvalue weighted by molar-refractivity contribution is 5.79. The summed E-state index contributed by atoms with van der Waals surface area (Å²) in [6, 6.07) is -0.405. The molecule has 0 aliphatic carbocycles. The van der Waals surface area contributed by atoms with Crippen molar-refractivity contribution in [2.75, 3.05) is 6.61 Å². The summed E-state index contributed by atoms with van der Waals surface area (Å²) >= 11 is 0. The summed E-state index contributed by atoms with van der Waals surface area (Å²) in [6.07, 6.45) is 0. The Morgan fingerprint density at radius 3 is 2.45 bits per heavy atom. The summed E-state index contributed by atoms with van der Waals surface area (Å²) in [7, 11) is 0. The number of hydrogen-bond donors (Lipinski definition) is 3. The molecule has 0 fully saturated rings. The molecule has 4 heteroatoms. The fourth-order valence-electron chi connectivity index (χ4n) is 0.703. The summed E-state index contributed by atoms with van der Waals surface area (Å²) in [5, 5.41) is 11.7. The highest BCUT2D eigenvalue weighted by atomic mass is 16.3. The number of rotatable bonds is 4. The van der Waals surface area contributed by atoms with Crippen LogP contribution in [0, 0.1) is 0 Å². The van der Waals surface area contributed by atoms with Gasteiger partial charge in [-0.25, -0.2) is 0 Å². The van der Waals surface area contributed by atoms with Gasteiger partial charge in [-0.1, -0.05) is 0 Å². The molecule has 1 amide bonds. The first kappa shape index (κ1) is 10.4. The van der Waals surface area contributed by atoms with Crippen molar-refractivity contribution in [2.45, 2.75) is 32.4 Å². The largest absolute Gasteiger partial charge is 0.394 e. The molecule has 4 N–H and O–H groups in total. The Bertz CT molecular complexity index is 145. The Morgan fingerprint density at radius 2 is 2.18 bits per heavy atom. The highest BCUT2D eigenvalue weighted by Gasteiger charge is 2.20. The van der Waals surface area contributed by atoms with Crippen LogP contribution < -0.4 is 11.1 Å². The monoisotopic (exact) mass is 160 g/mol. The molecule has 0 bridgehead atoms. The first-order chi connectivity index (χ1) is 4.89. The average molecular weight is 160 g/mol. The van der Waals surface area contributed by atoms with Gasteiger partial charge in [-0.05, 0) is 20.8 Å². The zero-order valence-corrected chi connectivity index (χ0v) is 7.22. The fraction of sp³-hybridized carbons (Fsp3) is 0.857. The van der Waals surface area contributed by atoms with E-state index >= 15 is 0 Å². The Balaban J connectivity index is 3.93. The Labute approximate surface area is 66.8 Å². The lowest BCUT2D eigenvalue weighted by atomic mass is 10.1. The van der Waals surface area contributed by atoms with Crippen molar-refractivity contribution in [1.29, 1.82) is 0 Å². The van der Waals surface area contributed by atoms with Gasteiger partial charge < -0.3 is 10.8 Å². The number of aliphatic hydroxyl groups is 1. The number of primary amides is 1. The van der Waals surface area contributed by atoms with Gasteiger partial charge in [0.05, 0.1) is 12.6 Å². The van der Waals surface area contributed by atoms with E-state index in [9.17, 15) is 4.79 Å². The maximum absolute atomic E-state index is 10.6. The molecule has 0 aromatic carbocycles. The molecule has 11 heavy (non-hydrogen) atoms. The number of carbonyl (C=O) groups is 1. The predicted molar refractivity (Wildman–Crippen MR) is 43.0 cm³/mol. The van der Waals surface area contributed by atoms with E-state index in [2.05, 4.69) is 5.32 Å². The maximum Gasteiger partial charge on any atom is 0.234 e. The molecule has 0 aliphatic heterocycles. The lowest BCUT2D eigenvalue weighted by Gasteiger charge is -2.26. The van der Waals surface area contributed by atoms with Crippen molar-refractivity contribution in [2.24, 2.45) is 5.73 Å². The van der Waals surface area contributed by atoms with Crippen LogP contribution in [-0.4, -0.2) is 29.2 Å². The van der Waals surface area contributed by atoms with Crippen LogP contribution in [0.1, 0.15) is 20.8 Å². The van der Waals surface area contributed by atoms with E-state index in [-0.39, 0.29) is 6.61 Å². The molecule has 0 aliphatic rings. The standard InChI is InChI=1S/C7H16N2O2/c1-5(6(8)11)9-7(2,3)4-10/h5,9-10H,4H2,1-3H3,(H2,8,11). The van der Waals surface area contributed by atoms with Crippen LogP contribution in [-0.2, 0) is 4.79 Å². The second kappa shape index (κ2) is 3.69. The smallest absolute Gasteiger partial charge is 0.234 e. The van der Waals surface area contributed by atoms with Gasteiger partial charge in [0.25, 0.3) is 0 Å². The summed E-state index contributed by atoms with van der Waals surface area (Å²) in [5.74, 6) is -0.411. The summed E-state index contributed by atoms with van der Waals surface area (Å²) in [5.41, 5.74) is 4.56. The van der Waals surface area contributed by atoms with Gasteiger partial charge in [-0.2, -0.15) is 0 Å². The van der Waals surface area contributed by atoms with E-state index in [4.69, 9.17) is 10.8 Å². The molecular formula is C7H16N2O2. The molecule has 0 saturated heterocycles. The molecule has 0 radical (unpaired) electrons. The maximum atomic E-state index is 10.6. The van der Waals surface area contributed by atoms with Gasteiger partial charge in [0, 0.05) is 5.54 Å². The topological polar surface area (TPSA) is 75.3 Å². The molecule has 0 heterocycles. The zero-order chi connectivity index (χ0) is 9.07. The number of hydrogen-bond acceptors (Lipinski definition) is 3. The number of amides is 1. The first-order valence-electron chi connectivity index (χ1n) is 3.57. The van der Waals surface area contributed by atoms with Crippen LogP contribution >= 0.6 is 0 Å². The number of carbonyl (C=O) groups excluding carboxylic acids is 1. The molecule has 1 atom stereocenters. The fourth-order valence-corrected chi connectivity index (χ4v) is 0.703. The van der Waals surface area contributed by atoms with Crippen molar-refractivity contribution in [3.05, 3.63) is 0 Å². The van der Waals surface area contributed by atoms with Crippen LogP contribution in [0.25, 0.3) is 0 Å². The lowest BCUT2D eigenvalue weighted by Crippen LogP contribution is -2.52. The van der Waals surface area contributed by atoms with Crippen LogP contribution in [0.15, 0.2) is 0 Å². The third kappa shape index (κ3) is 3.95. The van der Waals surface area contributed by atoms with E-state index in [0.717, 1.165) is 0 Å². The van der Waals surface area contributed by atoms with Gasteiger partial charge in [0.15, 0.2) is 0 Å². The molecule has 0 aromatic rings. The zero-order valence-electron chi connectivity index (χ0n) is 7.22. The Morgan fingerprint density at radius 1 is 1.73 bits per heavy atom. The second-order valence-corrected chi connectivity index (χ2v) is 3.31. The number of aliphatic hydroxyl groups excluding tert-OH is 1. The summed E-state index contributed by atoms with van der Waals surface area (Å²) < 4.78 is 0. The SMILES string of the molecule is CC(NC(C)(C)CO)C(N)=O. The molecule has 1 unspecified atom stereocenters. The van der Waals surface area contributed by atoms with Gasteiger partial charge >= 0.3 is 0 Å². The van der Waals surface area contributed by atoms with Crippen molar-refractivity contribution in [3.63, 3.8) is 0 Å². The minimum atomic E-state index is -0.450. The summed E-state index contributed by atoms with van der Waals surface area (Å²) in [4.78, 5) is 10.6. The van der Waals surface area contributed by atoms with E-state index in [1.165, 1.54) is 0 Å². The predicted octanol–water partition coefficient (Wildman–Crippen LogP) is -0.779. The van der Waals surface area contributed by atoms with Crippen LogP contribution in [0.3, 0.4) is 0 Å². The van der Waals surface area contributed by atoms with Crippen molar-refractivity contribution in [1.82, 2.24) is 5.32 Å². The molecular weight excluding hydrogens is 144 g/mol. The first-order valence-corrected chi connectivity index (χ1v) is 3.57. The lowest BCUT2D eigenvalue weighted by molar-refractivity contribution is -0.120. The van der Waals surface area contributed by atoms with Crippen LogP contribution in [0.2, 0.25) is 0 Å². The molecule has 0 spiro atoms. The molecule has 66 valence electrons. The van der Waals surface area contributed by atoms with E-state index in [1.54, 1.807) is 20.8 Å². The molecule has 4 nitrogen and oxygen atoms in total. The third-order valence-electron chi connectivity index (χ3n) is 1.43.